The molecule has 2 heterocycles. The van der Waals surface area contributed by atoms with E-state index in [-0.39, 0.29) is 5.41 Å². The molecule has 0 aromatic heterocycles. The van der Waals surface area contributed by atoms with Crippen molar-refractivity contribution in [1.29, 1.82) is 0 Å². The molecule has 4 nitrogen and oxygen atoms in total. The molecular formula is C21H32N2O2. The first kappa shape index (κ1) is 17.3. The number of ether oxygens (including phenoxy) is 1. The fourth-order valence-corrected chi connectivity index (χ4v) is 5.43. The highest BCUT2D eigenvalue weighted by molar-refractivity contribution is 5.44. The van der Waals surface area contributed by atoms with Crippen molar-refractivity contribution in [2.45, 2.75) is 51.1 Å². The van der Waals surface area contributed by atoms with E-state index in [4.69, 9.17) is 4.74 Å². The van der Waals surface area contributed by atoms with Crippen LogP contribution in [-0.2, 0) is 19.4 Å². The van der Waals surface area contributed by atoms with Crippen LogP contribution in [0.5, 0.6) is 5.75 Å². The van der Waals surface area contributed by atoms with Crippen molar-refractivity contribution in [3.63, 3.8) is 0 Å². The number of methoxy groups -OCH3 is 1. The van der Waals surface area contributed by atoms with Crippen LogP contribution in [0.4, 0.5) is 0 Å². The van der Waals surface area contributed by atoms with Gasteiger partial charge in [0.25, 0.3) is 0 Å². The van der Waals surface area contributed by atoms with E-state index < -0.39 is 0 Å². The first-order valence-corrected chi connectivity index (χ1v) is 9.87. The van der Waals surface area contributed by atoms with Gasteiger partial charge in [0.2, 0.25) is 0 Å². The average Bonchev–Trinajstić information content (AvgIpc) is 3.09. The van der Waals surface area contributed by atoms with Gasteiger partial charge >= 0.3 is 0 Å². The van der Waals surface area contributed by atoms with Crippen molar-refractivity contribution in [3.8, 4) is 5.75 Å². The molecule has 138 valence electrons. The Kier molecular flexibility index (Phi) is 4.78. The fourth-order valence-electron chi connectivity index (χ4n) is 5.43. The number of benzene rings is 1. The Hall–Kier alpha value is -1.10. The molecule has 0 spiro atoms. The number of rotatable bonds is 4. The topological polar surface area (TPSA) is 35.9 Å². The smallest absolute Gasteiger partial charge is 0.123 e. The third kappa shape index (κ3) is 3.09. The molecule has 2 atom stereocenters. The van der Waals surface area contributed by atoms with E-state index in [1.54, 1.807) is 7.11 Å². The van der Waals surface area contributed by atoms with Crippen LogP contribution in [0.25, 0.3) is 0 Å². The number of hydrogen-bond donors (Lipinski definition) is 1. The number of aliphatic hydroxyl groups is 1. The molecule has 2 saturated heterocycles. The van der Waals surface area contributed by atoms with Gasteiger partial charge in [-0.25, -0.2) is 0 Å². The largest absolute Gasteiger partial charge is 0.496 e. The Morgan fingerprint density at radius 3 is 2.72 bits per heavy atom. The van der Waals surface area contributed by atoms with E-state index in [9.17, 15) is 5.11 Å². The molecule has 1 aromatic rings. The minimum atomic E-state index is 0.117. The first-order valence-electron chi connectivity index (χ1n) is 9.87. The minimum Gasteiger partial charge on any atom is -0.496 e. The van der Waals surface area contributed by atoms with Gasteiger partial charge in [-0.15, -0.1) is 0 Å². The summed E-state index contributed by atoms with van der Waals surface area (Å²) in [5.74, 6) is 1.05. The third-order valence-electron chi connectivity index (χ3n) is 6.99. The molecule has 4 heteroatoms. The van der Waals surface area contributed by atoms with Crippen LogP contribution in [0.1, 0.15) is 42.4 Å². The van der Waals surface area contributed by atoms with Crippen molar-refractivity contribution in [2.24, 2.45) is 5.41 Å². The molecular weight excluding hydrogens is 312 g/mol. The van der Waals surface area contributed by atoms with Gasteiger partial charge in [0.15, 0.2) is 0 Å². The maximum absolute atomic E-state index is 10.1. The van der Waals surface area contributed by atoms with Crippen LogP contribution in [0.3, 0.4) is 0 Å². The summed E-state index contributed by atoms with van der Waals surface area (Å²) in [4.78, 5) is 5.05. The van der Waals surface area contributed by atoms with Crippen molar-refractivity contribution in [3.05, 3.63) is 28.8 Å². The van der Waals surface area contributed by atoms with Gasteiger partial charge in [0.05, 0.1) is 13.7 Å². The molecule has 0 bridgehead atoms. The number of nitrogens with zero attached hydrogens (tertiary/aromatic N) is 2. The quantitative estimate of drug-likeness (QED) is 0.910. The van der Waals surface area contributed by atoms with Crippen LogP contribution in [0.15, 0.2) is 12.1 Å². The second kappa shape index (κ2) is 6.90. The second-order valence-corrected chi connectivity index (χ2v) is 8.39. The molecule has 0 radical (unpaired) electrons. The maximum atomic E-state index is 10.1. The number of aliphatic hydroxyl groups excluding tert-OH is 1. The molecule has 4 rings (SSSR count). The van der Waals surface area contributed by atoms with Gasteiger partial charge in [0, 0.05) is 30.1 Å². The number of aryl methyl sites for hydroxylation is 2. The predicted octanol–water partition coefficient (Wildman–Crippen LogP) is 2.46. The SMILES string of the molecule is COc1cc2c(cc1CN1CC[C@@]3(CO)CCCN(C)[C@@H]3C1)CCC2. The summed E-state index contributed by atoms with van der Waals surface area (Å²) in [5.41, 5.74) is 4.45. The minimum absolute atomic E-state index is 0.117. The number of hydrogen-bond acceptors (Lipinski definition) is 4. The van der Waals surface area contributed by atoms with Gasteiger partial charge < -0.3 is 14.7 Å². The van der Waals surface area contributed by atoms with E-state index in [0.29, 0.717) is 12.6 Å². The molecule has 0 amide bonds. The fraction of sp³-hybridized carbons (Fsp3) is 0.714. The van der Waals surface area contributed by atoms with Crippen LogP contribution < -0.4 is 4.74 Å². The number of likely N-dealkylation sites (N-methyl/N-ethyl adjacent to an activating group) is 1. The summed E-state index contributed by atoms with van der Waals surface area (Å²) in [7, 11) is 4.02. The number of fused-ring (bicyclic) bond motifs is 2. The summed E-state index contributed by atoms with van der Waals surface area (Å²) in [5, 5.41) is 10.1. The molecule has 2 aliphatic heterocycles. The van der Waals surface area contributed by atoms with Gasteiger partial charge in [0.1, 0.15) is 5.75 Å². The molecule has 1 aromatic carbocycles. The average molecular weight is 344 g/mol. The van der Waals surface area contributed by atoms with E-state index in [1.807, 2.05) is 0 Å². The second-order valence-electron chi connectivity index (χ2n) is 8.39. The van der Waals surface area contributed by atoms with Crippen molar-refractivity contribution in [1.82, 2.24) is 9.80 Å². The van der Waals surface area contributed by atoms with Gasteiger partial charge in [-0.3, -0.25) is 4.90 Å². The standard InChI is InChI=1S/C21H32N2O2/c1-22-9-4-7-21(15-24)8-10-23(14-20(21)22)13-18-11-16-5-3-6-17(16)12-19(18)25-2/h11-12,20,24H,3-10,13-15H2,1-2H3/t20-,21-/m1/s1. The predicted molar refractivity (Wildman–Crippen MR) is 100 cm³/mol. The Bertz CT molecular complexity index is 633. The lowest BCUT2D eigenvalue weighted by atomic mass is 9.69. The highest BCUT2D eigenvalue weighted by Crippen LogP contribution is 2.42. The summed E-state index contributed by atoms with van der Waals surface area (Å²) in [6, 6.07) is 5.13. The molecule has 3 aliphatic rings. The summed E-state index contributed by atoms with van der Waals surface area (Å²) in [6.45, 7) is 4.57. The lowest BCUT2D eigenvalue weighted by molar-refractivity contribution is -0.0685. The Labute approximate surface area is 151 Å². The summed E-state index contributed by atoms with van der Waals surface area (Å²) < 4.78 is 5.70. The summed E-state index contributed by atoms with van der Waals surface area (Å²) >= 11 is 0. The third-order valence-corrected chi connectivity index (χ3v) is 6.99. The molecule has 25 heavy (non-hydrogen) atoms. The lowest BCUT2D eigenvalue weighted by Gasteiger charge is -2.53. The van der Waals surface area contributed by atoms with E-state index in [0.717, 1.165) is 38.3 Å². The Balaban J connectivity index is 1.53. The maximum Gasteiger partial charge on any atom is 0.123 e. The Morgan fingerprint density at radius 2 is 1.96 bits per heavy atom. The van der Waals surface area contributed by atoms with Crippen LogP contribution >= 0.6 is 0 Å². The molecule has 2 fully saturated rings. The molecule has 1 aliphatic carbocycles. The summed E-state index contributed by atoms with van der Waals surface area (Å²) in [6.07, 6.45) is 7.18. The van der Waals surface area contributed by atoms with Crippen molar-refractivity contribution in [2.75, 3.05) is 40.4 Å². The molecule has 0 unspecified atom stereocenters. The van der Waals surface area contributed by atoms with Gasteiger partial charge in [-0.2, -0.15) is 0 Å². The van der Waals surface area contributed by atoms with Crippen LogP contribution in [0.2, 0.25) is 0 Å². The lowest BCUT2D eigenvalue weighted by Crippen LogP contribution is -2.61. The first-order chi connectivity index (χ1) is 12.1. The monoisotopic (exact) mass is 344 g/mol. The Morgan fingerprint density at radius 1 is 1.16 bits per heavy atom. The van der Waals surface area contributed by atoms with E-state index >= 15 is 0 Å². The zero-order valence-electron chi connectivity index (χ0n) is 15.8. The highest BCUT2D eigenvalue weighted by Gasteiger charge is 2.46. The van der Waals surface area contributed by atoms with Gasteiger partial charge in [-0.05, 0) is 75.9 Å². The normalized spacial score (nSPS) is 30.1. The zero-order chi connectivity index (χ0) is 17.4. The number of piperidine rings is 2. The van der Waals surface area contributed by atoms with E-state index in [1.165, 1.54) is 48.8 Å². The number of likely N-dealkylation sites (tertiary alicyclic amines) is 2. The van der Waals surface area contributed by atoms with Crippen LogP contribution in [-0.4, -0.2) is 61.3 Å². The zero-order valence-corrected chi connectivity index (χ0v) is 15.8. The van der Waals surface area contributed by atoms with Crippen LogP contribution in [0, 0.1) is 5.41 Å². The van der Waals surface area contributed by atoms with Gasteiger partial charge in [-0.1, -0.05) is 6.07 Å². The van der Waals surface area contributed by atoms with Crippen molar-refractivity contribution < 1.29 is 9.84 Å². The highest BCUT2D eigenvalue weighted by atomic mass is 16.5. The van der Waals surface area contributed by atoms with Crippen molar-refractivity contribution >= 4 is 0 Å². The molecule has 0 saturated carbocycles. The van der Waals surface area contributed by atoms with E-state index in [2.05, 4.69) is 29.0 Å². The molecule has 1 N–H and O–H groups in total.